The van der Waals surface area contributed by atoms with Gasteiger partial charge in [0.15, 0.2) is 5.82 Å². The molecule has 1 aliphatic heterocycles. The summed E-state index contributed by atoms with van der Waals surface area (Å²) >= 11 is 5.63. The molecule has 0 aromatic carbocycles. The number of halogens is 1. The molecule has 0 saturated carbocycles. The quantitative estimate of drug-likeness (QED) is 0.784. The summed E-state index contributed by atoms with van der Waals surface area (Å²) in [5.41, 5.74) is 1.30. The minimum Gasteiger partial charge on any atom is -0.346 e. The molecule has 0 unspecified atom stereocenters. The Morgan fingerprint density at radius 1 is 1.38 bits per heavy atom. The van der Waals surface area contributed by atoms with Crippen LogP contribution >= 0.6 is 11.6 Å². The van der Waals surface area contributed by atoms with E-state index in [0.29, 0.717) is 23.1 Å². The van der Waals surface area contributed by atoms with Crippen LogP contribution in [0.2, 0.25) is 5.15 Å². The zero-order chi connectivity index (χ0) is 11.1. The molecule has 2 aromatic heterocycles. The van der Waals surface area contributed by atoms with Crippen LogP contribution in [0.25, 0.3) is 5.82 Å². The lowest BCUT2D eigenvalue weighted by atomic mass is 10.3. The van der Waals surface area contributed by atoms with E-state index >= 15 is 0 Å². The molecule has 3 rings (SSSR count). The lowest BCUT2D eigenvalue weighted by molar-refractivity contribution is 0.0965. The van der Waals surface area contributed by atoms with Crippen molar-refractivity contribution >= 4 is 17.5 Å². The van der Waals surface area contributed by atoms with Crippen LogP contribution in [-0.2, 0) is 6.54 Å². The summed E-state index contributed by atoms with van der Waals surface area (Å²) in [6.45, 7) is 0.461. The fraction of sp³-hybridized carbons (Fsp3) is 0.111. The second-order valence-electron chi connectivity index (χ2n) is 3.31. The van der Waals surface area contributed by atoms with E-state index in [9.17, 15) is 4.79 Å². The van der Waals surface area contributed by atoms with Crippen LogP contribution in [-0.4, -0.2) is 25.7 Å². The van der Waals surface area contributed by atoms with Gasteiger partial charge in [-0.05, 0) is 0 Å². The third kappa shape index (κ3) is 1.35. The number of hydrogen-bond acceptors (Lipinski definition) is 4. The molecule has 7 heteroatoms. The molecule has 2 aromatic rings. The predicted molar refractivity (Wildman–Crippen MR) is 55.3 cm³/mol. The first kappa shape index (κ1) is 9.29. The van der Waals surface area contributed by atoms with Crippen LogP contribution in [0.5, 0.6) is 0 Å². The number of carbonyl (C=O) groups excluding carboxylic acids is 1. The van der Waals surface area contributed by atoms with E-state index in [1.54, 1.807) is 6.20 Å². The van der Waals surface area contributed by atoms with Crippen molar-refractivity contribution in [2.45, 2.75) is 6.54 Å². The minimum absolute atomic E-state index is 0.108. The first-order valence-electron chi connectivity index (χ1n) is 4.59. The van der Waals surface area contributed by atoms with E-state index in [0.717, 1.165) is 5.69 Å². The van der Waals surface area contributed by atoms with Crippen molar-refractivity contribution in [2.75, 3.05) is 0 Å². The molecule has 80 valence electrons. The number of amides is 1. The summed E-state index contributed by atoms with van der Waals surface area (Å²) < 4.78 is 1.52. The smallest absolute Gasteiger partial charge is 0.255 e. The highest BCUT2D eigenvalue weighted by Gasteiger charge is 2.23. The van der Waals surface area contributed by atoms with Gasteiger partial charge in [-0.15, -0.1) is 0 Å². The SMILES string of the molecule is O=C1NCc2nn(-c3cnc(Cl)cn3)cc21. The Hall–Kier alpha value is -1.95. The Morgan fingerprint density at radius 3 is 2.94 bits per heavy atom. The topological polar surface area (TPSA) is 72.7 Å². The first-order chi connectivity index (χ1) is 7.74. The highest BCUT2D eigenvalue weighted by Crippen LogP contribution is 2.15. The summed E-state index contributed by atoms with van der Waals surface area (Å²) in [6, 6.07) is 0. The summed E-state index contributed by atoms with van der Waals surface area (Å²) in [7, 11) is 0. The molecule has 1 aliphatic rings. The second-order valence-corrected chi connectivity index (χ2v) is 3.70. The number of carbonyl (C=O) groups is 1. The van der Waals surface area contributed by atoms with Crippen molar-refractivity contribution in [3.8, 4) is 5.82 Å². The molecule has 1 N–H and O–H groups in total. The molecule has 0 aliphatic carbocycles. The molecule has 1 amide bonds. The van der Waals surface area contributed by atoms with Crippen LogP contribution in [0.4, 0.5) is 0 Å². The summed E-state index contributed by atoms with van der Waals surface area (Å²) in [4.78, 5) is 19.3. The second kappa shape index (κ2) is 3.28. The van der Waals surface area contributed by atoms with E-state index in [1.807, 2.05) is 0 Å². The zero-order valence-corrected chi connectivity index (χ0v) is 8.77. The molecular weight excluding hydrogens is 230 g/mol. The lowest BCUT2D eigenvalue weighted by Crippen LogP contribution is -2.14. The fourth-order valence-corrected chi connectivity index (χ4v) is 1.63. The summed E-state index contributed by atoms with van der Waals surface area (Å²) in [5.74, 6) is 0.426. The van der Waals surface area contributed by atoms with Crippen molar-refractivity contribution in [1.29, 1.82) is 0 Å². The molecule has 0 atom stereocenters. The normalized spacial score (nSPS) is 13.7. The highest BCUT2D eigenvalue weighted by atomic mass is 35.5. The van der Waals surface area contributed by atoms with Crippen LogP contribution in [0.1, 0.15) is 16.1 Å². The molecule has 0 spiro atoms. The van der Waals surface area contributed by atoms with Crippen molar-refractivity contribution in [3.05, 3.63) is 35.0 Å². The third-order valence-corrected chi connectivity index (χ3v) is 2.49. The Bertz CT molecular complexity index is 562. The van der Waals surface area contributed by atoms with Crippen LogP contribution in [0.15, 0.2) is 18.6 Å². The molecule has 3 heterocycles. The van der Waals surface area contributed by atoms with E-state index in [1.165, 1.54) is 17.1 Å². The zero-order valence-electron chi connectivity index (χ0n) is 8.01. The third-order valence-electron chi connectivity index (χ3n) is 2.29. The molecule has 6 nitrogen and oxygen atoms in total. The van der Waals surface area contributed by atoms with Crippen LogP contribution in [0.3, 0.4) is 0 Å². The number of nitrogens with one attached hydrogen (secondary N) is 1. The Balaban J connectivity index is 2.05. The number of rotatable bonds is 1. The molecule has 0 saturated heterocycles. The predicted octanol–water partition coefficient (Wildman–Crippen LogP) is 0.559. The van der Waals surface area contributed by atoms with Crippen LogP contribution < -0.4 is 5.32 Å². The van der Waals surface area contributed by atoms with E-state index in [-0.39, 0.29) is 5.91 Å². The van der Waals surface area contributed by atoms with E-state index in [2.05, 4.69) is 20.4 Å². The van der Waals surface area contributed by atoms with Gasteiger partial charge in [0, 0.05) is 6.20 Å². The Labute approximate surface area is 95.3 Å². The molecule has 0 bridgehead atoms. The van der Waals surface area contributed by atoms with Crippen molar-refractivity contribution < 1.29 is 4.79 Å². The maximum atomic E-state index is 11.3. The van der Waals surface area contributed by atoms with Crippen molar-refractivity contribution in [3.63, 3.8) is 0 Å². The Kier molecular flexibility index (Phi) is 1.90. The lowest BCUT2D eigenvalue weighted by Gasteiger charge is -1.99. The van der Waals surface area contributed by atoms with Gasteiger partial charge in [-0.1, -0.05) is 11.6 Å². The minimum atomic E-state index is -0.108. The average Bonchev–Trinajstić information content (AvgIpc) is 2.83. The van der Waals surface area contributed by atoms with Crippen LogP contribution in [0, 0.1) is 0 Å². The van der Waals surface area contributed by atoms with Gasteiger partial charge in [-0.3, -0.25) is 4.79 Å². The largest absolute Gasteiger partial charge is 0.346 e. The maximum Gasteiger partial charge on any atom is 0.255 e. The molecular formula is C9H6ClN5O. The van der Waals surface area contributed by atoms with Gasteiger partial charge in [0.25, 0.3) is 5.91 Å². The first-order valence-corrected chi connectivity index (χ1v) is 4.96. The number of nitrogens with zero attached hydrogens (tertiary/aromatic N) is 4. The number of fused-ring (bicyclic) bond motifs is 1. The van der Waals surface area contributed by atoms with Gasteiger partial charge in [0.1, 0.15) is 5.15 Å². The van der Waals surface area contributed by atoms with Gasteiger partial charge >= 0.3 is 0 Å². The number of hydrogen-bond donors (Lipinski definition) is 1. The summed E-state index contributed by atoms with van der Waals surface area (Å²) in [5, 5.41) is 7.23. The average molecular weight is 236 g/mol. The number of aromatic nitrogens is 4. The van der Waals surface area contributed by atoms with Gasteiger partial charge in [0.05, 0.1) is 30.2 Å². The molecule has 0 radical (unpaired) electrons. The Morgan fingerprint density at radius 2 is 2.25 bits per heavy atom. The fourth-order valence-electron chi connectivity index (χ4n) is 1.53. The van der Waals surface area contributed by atoms with Crippen molar-refractivity contribution in [2.24, 2.45) is 0 Å². The van der Waals surface area contributed by atoms with Gasteiger partial charge < -0.3 is 5.32 Å². The van der Waals surface area contributed by atoms with E-state index in [4.69, 9.17) is 11.6 Å². The highest BCUT2D eigenvalue weighted by molar-refractivity contribution is 6.29. The van der Waals surface area contributed by atoms with Gasteiger partial charge in [-0.25, -0.2) is 14.6 Å². The van der Waals surface area contributed by atoms with E-state index < -0.39 is 0 Å². The molecule has 0 fully saturated rings. The van der Waals surface area contributed by atoms with Gasteiger partial charge in [0.2, 0.25) is 0 Å². The summed E-state index contributed by atoms with van der Waals surface area (Å²) in [6.07, 6.45) is 4.57. The van der Waals surface area contributed by atoms with Crippen molar-refractivity contribution in [1.82, 2.24) is 25.1 Å². The van der Waals surface area contributed by atoms with Gasteiger partial charge in [-0.2, -0.15) is 5.10 Å². The maximum absolute atomic E-state index is 11.3. The standard InChI is InChI=1S/C9H6ClN5O/c10-7-2-12-8(3-11-7)15-4-5-6(14-15)1-13-9(5)16/h2-4H,1H2,(H,13,16). The molecule has 16 heavy (non-hydrogen) atoms. The monoisotopic (exact) mass is 235 g/mol.